The van der Waals surface area contributed by atoms with E-state index in [4.69, 9.17) is 11.4 Å². The Balaban J connectivity index is 1.43. The molecule has 0 aromatic carbocycles. The van der Waals surface area contributed by atoms with E-state index in [1.807, 2.05) is 4.90 Å². The monoisotopic (exact) mass is 444 g/mol. The normalized spacial score (nSPS) is 20.5. The average Bonchev–Trinajstić information content (AvgIpc) is 3.29. The van der Waals surface area contributed by atoms with Gasteiger partial charge in [0.25, 0.3) is 0 Å². The van der Waals surface area contributed by atoms with Gasteiger partial charge in [0.1, 0.15) is 0 Å². The van der Waals surface area contributed by atoms with Gasteiger partial charge in [-0.2, -0.15) is 0 Å². The third-order valence-electron chi connectivity index (χ3n) is 5.48. The molecular formula is C20H21FN6O3S. The number of anilines is 1. The first-order valence-corrected chi connectivity index (χ1v) is 11.4. The van der Waals surface area contributed by atoms with Crippen molar-refractivity contribution in [2.45, 2.75) is 30.3 Å². The van der Waals surface area contributed by atoms with Gasteiger partial charge in [-0.05, 0) is 24.5 Å². The zero-order valence-corrected chi connectivity index (χ0v) is 17.7. The van der Waals surface area contributed by atoms with Gasteiger partial charge in [0.2, 0.25) is 17.5 Å². The lowest BCUT2D eigenvalue weighted by atomic mass is 9.95. The van der Waals surface area contributed by atoms with Gasteiger partial charge in [0.15, 0.2) is 10.8 Å². The maximum atomic E-state index is 13.7. The third kappa shape index (κ3) is 4.40. The molecule has 2 aliphatic rings. The maximum absolute atomic E-state index is 13.7. The second-order valence-electron chi connectivity index (χ2n) is 7.43. The third-order valence-corrected chi connectivity index (χ3v) is 6.31. The molecule has 4 heterocycles. The lowest BCUT2D eigenvalue weighted by Gasteiger charge is -2.34. The molecule has 2 atom stereocenters. The average molecular weight is 444 g/mol. The number of piperidine rings is 1. The molecule has 31 heavy (non-hydrogen) atoms. The number of pyridine rings is 1. The maximum Gasteiger partial charge on any atom is 0.249 e. The Hall–Kier alpha value is -2.97. The van der Waals surface area contributed by atoms with Crippen molar-refractivity contribution in [3.63, 3.8) is 0 Å². The highest BCUT2D eigenvalue weighted by atomic mass is 32.2. The molecule has 2 aliphatic heterocycles. The highest BCUT2D eigenvalue weighted by Crippen LogP contribution is 2.34. The molecule has 0 bridgehead atoms. The second-order valence-corrected chi connectivity index (χ2v) is 8.72. The van der Waals surface area contributed by atoms with Gasteiger partial charge in [0.05, 0.1) is 36.2 Å². The number of rotatable bonds is 4. The number of nitrogens with zero attached hydrogens (tertiary/aromatic N) is 6. The fourth-order valence-electron chi connectivity index (χ4n) is 3.88. The van der Waals surface area contributed by atoms with Gasteiger partial charge in [-0.25, -0.2) is 24.3 Å². The van der Waals surface area contributed by atoms with Crippen molar-refractivity contribution in [1.82, 2.24) is 20.0 Å². The lowest BCUT2D eigenvalue weighted by Crippen LogP contribution is -2.42. The van der Waals surface area contributed by atoms with Crippen LogP contribution in [0.1, 0.15) is 30.9 Å². The molecule has 1 amide bonds. The molecule has 0 aliphatic carbocycles. The van der Waals surface area contributed by atoms with Crippen LogP contribution >= 0.6 is 0 Å². The molecule has 0 radical (unpaired) electrons. The summed E-state index contributed by atoms with van der Waals surface area (Å²) in [5.74, 6) is -0.696. The van der Waals surface area contributed by atoms with Crippen molar-refractivity contribution < 1.29 is 18.2 Å². The van der Waals surface area contributed by atoms with Crippen molar-refractivity contribution in [3.8, 4) is 0 Å². The van der Waals surface area contributed by atoms with Crippen LogP contribution in [0, 0.1) is 18.3 Å². The van der Waals surface area contributed by atoms with Crippen LogP contribution in [-0.2, 0) is 20.4 Å². The summed E-state index contributed by atoms with van der Waals surface area (Å²) >= 11 is 0. The van der Waals surface area contributed by atoms with E-state index in [-0.39, 0.29) is 22.9 Å². The summed E-state index contributed by atoms with van der Waals surface area (Å²) < 4.78 is 25.4. The predicted octanol–water partition coefficient (Wildman–Crippen LogP) is 2.42. The Morgan fingerprint density at radius 2 is 2.06 bits per heavy atom. The highest BCUT2D eigenvalue weighted by Gasteiger charge is 2.37. The molecule has 162 valence electrons. The minimum atomic E-state index is -1.55. The SMILES string of the molecule is [C-]#[N+]c1cncc([C@@H]2CCON2C(=O)C2CCN(c3ncc(F)c(S(C)=O)n3)CC2)c1. The molecule has 9 nitrogen and oxygen atoms in total. The van der Waals surface area contributed by atoms with Crippen LogP contribution in [0.2, 0.25) is 0 Å². The first-order valence-electron chi connectivity index (χ1n) is 9.87. The van der Waals surface area contributed by atoms with E-state index in [0.29, 0.717) is 50.6 Å². The Morgan fingerprint density at radius 1 is 1.29 bits per heavy atom. The number of aromatic nitrogens is 3. The van der Waals surface area contributed by atoms with Gasteiger partial charge in [0, 0.05) is 44.1 Å². The molecule has 2 aromatic heterocycles. The van der Waals surface area contributed by atoms with Gasteiger partial charge < -0.3 is 4.90 Å². The summed E-state index contributed by atoms with van der Waals surface area (Å²) in [5, 5.41) is 1.31. The van der Waals surface area contributed by atoms with E-state index < -0.39 is 16.6 Å². The molecule has 0 saturated carbocycles. The smallest absolute Gasteiger partial charge is 0.249 e. The minimum absolute atomic E-state index is 0.0919. The van der Waals surface area contributed by atoms with E-state index in [2.05, 4.69) is 19.8 Å². The molecule has 2 fully saturated rings. The first-order chi connectivity index (χ1) is 15.0. The Kier molecular flexibility index (Phi) is 6.20. The van der Waals surface area contributed by atoms with Gasteiger partial charge >= 0.3 is 0 Å². The topological polar surface area (TPSA) is 92.9 Å². The fraction of sp³-hybridized carbons (Fsp3) is 0.450. The predicted molar refractivity (Wildman–Crippen MR) is 110 cm³/mol. The Labute approximate surface area is 181 Å². The molecule has 1 unspecified atom stereocenters. The minimum Gasteiger partial charge on any atom is -0.341 e. The molecule has 0 spiro atoms. The van der Waals surface area contributed by atoms with Crippen LogP contribution < -0.4 is 4.90 Å². The Morgan fingerprint density at radius 3 is 2.77 bits per heavy atom. The number of hydrogen-bond donors (Lipinski definition) is 0. The van der Waals surface area contributed by atoms with Crippen molar-refractivity contribution in [1.29, 1.82) is 0 Å². The van der Waals surface area contributed by atoms with Crippen molar-refractivity contribution in [2.24, 2.45) is 5.92 Å². The summed E-state index contributed by atoms with van der Waals surface area (Å²) in [5.41, 5.74) is 1.22. The summed E-state index contributed by atoms with van der Waals surface area (Å²) in [7, 11) is -1.55. The lowest BCUT2D eigenvalue weighted by molar-refractivity contribution is -0.182. The second kappa shape index (κ2) is 9.03. The van der Waals surface area contributed by atoms with Gasteiger partial charge in [-0.1, -0.05) is 0 Å². The van der Waals surface area contributed by atoms with E-state index in [1.54, 1.807) is 12.3 Å². The highest BCUT2D eigenvalue weighted by molar-refractivity contribution is 7.84. The standard InChI is InChI=1S/C20H21FN6O3S/c1-22-15-9-14(10-23-11-15)17-5-8-30-27(17)19(28)13-3-6-26(7-4-13)20-24-12-16(21)18(25-20)31(2)29/h9-13,17H,3-8H2,2H3/t17-,31?/m0/s1. The van der Waals surface area contributed by atoms with E-state index >= 15 is 0 Å². The van der Waals surface area contributed by atoms with Crippen molar-refractivity contribution >= 4 is 28.3 Å². The summed E-state index contributed by atoms with van der Waals surface area (Å²) in [4.78, 5) is 36.3. The van der Waals surface area contributed by atoms with Crippen LogP contribution in [-0.4, -0.2) is 56.1 Å². The molecule has 4 rings (SSSR count). The molecule has 0 N–H and O–H groups in total. The van der Waals surface area contributed by atoms with Gasteiger partial charge in [-0.15, -0.1) is 0 Å². The quantitative estimate of drug-likeness (QED) is 0.528. The van der Waals surface area contributed by atoms with E-state index in [9.17, 15) is 13.4 Å². The summed E-state index contributed by atoms with van der Waals surface area (Å²) in [6.07, 6.45) is 7.34. The largest absolute Gasteiger partial charge is 0.341 e. The zero-order valence-electron chi connectivity index (χ0n) is 16.9. The van der Waals surface area contributed by atoms with Crippen LogP contribution in [0.25, 0.3) is 4.85 Å². The van der Waals surface area contributed by atoms with Crippen LogP contribution in [0.15, 0.2) is 29.7 Å². The number of carbonyl (C=O) groups excluding carboxylic acids is 1. The fourth-order valence-corrected chi connectivity index (χ4v) is 4.42. The molecular weight excluding hydrogens is 423 g/mol. The number of carbonyl (C=O) groups is 1. The number of amides is 1. The number of hydrogen-bond acceptors (Lipinski definition) is 7. The zero-order chi connectivity index (χ0) is 22.0. The van der Waals surface area contributed by atoms with Crippen molar-refractivity contribution in [2.75, 3.05) is 30.9 Å². The van der Waals surface area contributed by atoms with Crippen LogP contribution in [0.3, 0.4) is 0 Å². The Bertz CT molecular complexity index is 1050. The molecule has 11 heteroatoms. The van der Waals surface area contributed by atoms with Crippen LogP contribution in [0.4, 0.5) is 16.0 Å². The van der Waals surface area contributed by atoms with Crippen LogP contribution in [0.5, 0.6) is 0 Å². The first kappa shape index (κ1) is 21.3. The number of hydroxylamine groups is 2. The molecule has 2 saturated heterocycles. The van der Waals surface area contributed by atoms with E-state index in [1.165, 1.54) is 17.5 Å². The van der Waals surface area contributed by atoms with Crippen molar-refractivity contribution in [3.05, 3.63) is 47.5 Å². The van der Waals surface area contributed by atoms with Gasteiger partial charge in [-0.3, -0.25) is 18.8 Å². The summed E-state index contributed by atoms with van der Waals surface area (Å²) in [6.45, 7) is 8.63. The molecule has 2 aromatic rings. The number of halogens is 1. The van der Waals surface area contributed by atoms with E-state index in [0.717, 1.165) is 11.8 Å². The summed E-state index contributed by atoms with van der Waals surface area (Å²) in [6, 6.07) is 1.48.